The first-order valence-electron chi connectivity index (χ1n) is 8.83. The first-order chi connectivity index (χ1) is 12.8. The van der Waals surface area contributed by atoms with Gasteiger partial charge >= 0.3 is 0 Å². The fraction of sp³-hybridized carbons (Fsp3) is 0.167. The molecule has 3 aromatic carbocycles. The number of nitriles is 2. The molecule has 0 fully saturated rings. The van der Waals surface area contributed by atoms with Crippen molar-refractivity contribution in [1.29, 1.82) is 10.5 Å². The van der Waals surface area contributed by atoms with Gasteiger partial charge in [-0.15, -0.1) is 0 Å². The lowest BCUT2D eigenvalue weighted by Crippen LogP contribution is -1.94. The zero-order chi connectivity index (χ0) is 18.2. The largest absolute Gasteiger partial charge is 0.192 e. The third-order valence-corrected chi connectivity index (χ3v) is 4.59. The van der Waals surface area contributed by atoms with E-state index in [1.165, 1.54) is 22.3 Å². The van der Waals surface area contributed by atoms with E-state index in [0.29, 0.717) is 11.1 Å². The second-order valence-electron chi connectivity index (χ2n) is 6.43. The number of nitrogens with zero attached hydrogens (tertiary/aromatic N) is 2. The zero-order valence-corrected chi connectivity index (χ0v) is 14.7. The van der Waals surface area contributed by atoms with E-state index < -0.39 is 0 Å². The van der Waals surface area contributed by atoms with E-state index in [0.717, 1.165) is 25.7 Å². The molecular formula is C24H20N2. The molecule has 126 valence electrons. The highest BCUT2D eigenvalue weighted by Crippen LogP contribution is 2.13. The Morgan fingerprint density at radius 2 is 0.654 bits per heavy atom. The molecule has 26 heavy (non-hydrogen) atoms. The van der Waals surface area contributed by atoms with Crippen LogP contribution >= 0.6 is 0 Å². The Morgan fingerprint density at radius 3 is 0.885 bits per heavy atom. The van der Waals surface area contributed by atoms with Gasteiger partial charge in [0.05, 0.1) is 23.3 Å². The van der Waals surface area contributed by atoms with E-state index >= 15 is 0 Å². The maximum absolute atomic E-state index is 8.84. The van der Waals surface area contributed by atoms with E-state index in [1.54, 1.807) is 0 Å². The molecule has 2 nitrogen and oxygen atoms in total. The minimum absolute atomic E-state index is 0.709. The van der Waals surface area contributed by atoms with Crippen LogP contribution < -0.4 is 0 Å². The molecule has 0 atom stereocenters. The van der Waals surface area contributed by atoms with Crippen molar-refractivity contribution in [1.82, 2.24) is 0 Å². The average molecular weight is 336 g/mol. The van der Waals surface area contributed by atoms with Gasteiger partial charge in [0.2, 0.25) is 0 Å². The summed E-state index contributed by atoms with van der Waals surface area (Å²) in [4.78, 5) is 0. The first kappa shape index (κ1) is 17.5. The Labute approximate surface area is 155 Å². The maximum Gasteiger partial charge on any atom is 0.0991 e. The molecule has 0 aliphatic heterocycles. The molecule has 2 heteroatoms. The van der Waals surface area contributed by atoms with Crippen molar-refractivity contribution in [2.24, 2.45) is 0 Å². The van der Waals surface area contributed by atoms with Gasteiger partial charge in [0.1, 0.15) is 0 Å². The Kier molecular flexibility index (Phi) is 5.81. The SMILES string of the molecule is N#Cc1ccc(CCc2ccc(CCc3ccc(C#N)cc3)cc2)cc1. The highest BCUT2D eigenvalue weighted by molar-refractivity contribution is 5.33. The monoisotopic (exact) mass is 336 g/mol. The summed E-state index contributed by atoms with van der Waals surface area (Å²) in [6.45, 7) is 0. The summed E-state index contributed by atoms with van der Waals surface area (Å²) in [5.74, 6) is 0. The van der Waals surface area contributed by atoms with Crippen LogP contribution in [0.1, 0.15) is 33.4 Å². The van der Waals surface area contributed by atoms with Gasteiger partial charge in [0.25, 0.3) is 0 Å². The third kappa shape index (κ3) is 4.82. The zero-order valence-electron chi connectivity index (χ0n) is 14.7. The lowest BCUT2D eigenvalue weighted by molar-refractivity contribution is 0.939. The number of hydrogen-bond donors (Lipinski definition) is 0. The van der Waals surface area contributed by atoms with Crippen molar-refractivity contribution in [3.8, 4) is 12.1 Å². The van der Waals surface area contributed by atoms with Crippen molar-refractivity contribution in [3.63, 3.8) is 0 Å². The Bertz CT molecular complexity index is 841. The first-order valence-corrected chi connectivity index (χ1v) is 8.83. The molecule has 0 bridgehead atoms. The second kappa shape index (κ2) is 8.65. The van der Waals surface area contributed by atoms with Gasteiger partial charge in [-0.25, -0.2) is 0 Å². The Morgan fingerprint density at radius 1 is 0.423 bits per heavy atom. The van der Waals surface area contributed by atoms with E-state index in [9.17, 15) is 0 Å². The fourth-order valence-electron chi connectivity index (χ4n) is 2.94. The molecule has 0 aliphatic carbocycles. The summed E-state index contributed by atoms with van der Waals surface area (Å²) < 4.78 is 0. The van der Waals surface area contributed by atoms with Crippen LogP contribution in [0, 0.1) is 22.7 Å². The van der Waals surface area contributed by atoms with Gasteiger partial charge in [-0.1, -0.05) is 48.5 Å². The number of aryl methyl sites for hydroxylation is 4. The molecule has 0 saturated carbocycles. The van der Waals surface area contributed by atoms with Gasteiger partial charge in [0.15, 0.2) is 0 Å². The standard InChI is InChI=1S/C24H20N2/c25-17-23-13-9-21(10-14-23)7-5-19-1-2-20(4-3-19)6-8-22-11-15-24(18-26)16-12-22/h1-4,9-16H,5-8H2. The molecule has 0 amide bonds. The highest BCUT2D eigenvalue weighted by atomic mass is 14.2. The molecule has 0 N–H and O–H groups in total. The minimum Gasteiger partial charge on any atom is -0.192 e. The fourth-order valence-corrected chi connectivity index (χ4v) is 2.94. The quantitative estimate of drug-likeness (QED) is 0.636. The predicted octanol–water partition coefficient (Wildman–Crippen LogP) is 5.00. The lowest BCUT2D eigenvalue weighted by atomic mass is 10.00. The van der Waals surface area contributed by atoms with Gasteiger partial charge in [-0.05, 0) is 72.2 Å². The van der Waals surface area contributed by atoms with Gasteiger partial charge < -0.3 is 0 Å². The van der Waals surface area contributed by atoms with Crippen LogP contribution in [0.15, 0.2) is 72.8 Å². The molecular weight excluding hydrogens is 316 g/mol. The predicted molar refractivity (Wildman–Crippen MR) is 104 cm³/mol. The van der Waals surface area contributed by atoms with E-state index in [-0.39, 0.29) is 0 Å². The molecule has 0 aromatic heterocycles. The van der Waals surface area contributed by atoms with Crippen molar-refractivity contribution >= 4 is 0 Å². The highest BCUT2D eigenvalue weighted by Gasteiger charge is 2.00. The van der Waals surface area contributed by atoms with E-state index in [1.807, 2.05) is 48.5 Å². The molecule has 0 aliphatic rings. The van der Waals surface area contributed by atoms with Crippen LogP contribution in [-0.4, -0.2) is 0 Å². The average Bonchev–Trinajstić information content (AvgIpc) is 2.72. The Hall–Kier alpha value is -3.36. The summed E-state index contributed by atoms with van der Waals surface area (Å²) in [5.41, 5.74) is 6.59. The number of rotatable bonds is 6. The smallest absolute Gasteiger partial charge is 0.0991 e. The van der Waals surface area contributed by atoms with Gasteiger partial charge in [-0.3, -0.25) is 0 Å². The molecule has 3 rings (SSSR count). The summed E-state index contributed by atoms with van der Waals surface area (Å²) in [7, 11) is 0. The number of hydrogen-bond acceptors (Lipinski definition) is 2. The molecule has 0 heterocycles. The van der Waals surface area contributed by atoms with Crippen molar-refractivity contribution < 1.29 is 0 Å². The lowest BCUT2D eigenvalue weighted by Gasteiger charge is -2.06. The third-order valence-electron chi connectivity index (χ3n) is 4.59. The minimum atomic E-state index is 0.709. The molecule has 0 spiro atoms. The maximum atomic E-state index is 8.84. The Balaban J connectivity index is 1.51. The van der Waals surface area contributed by atoms with Crippen molar-refractivity contribution in [2.45, 2.75) is 25.7 Å². The van der Waals surface area contributed by atoms with Gasteiger partial charge in [-0.2, -0.15) is 10.5 Å². The topological polar surface area (TPSA) is 47.6 Å². The van der Waals surface area contributed by atoms with E-state index in [2.05, 4.69) is 36.4 Å². The van der Waals surface area contributed by atoms with Crippen LogP contribution in [0.3, 0.4) is 0 Å². The normalized spacial score (nSPS) is 10.1. The number of benzene rings is 3. The summed E-state index contributed by atoms with van der Waals surface area (Å²) >= 11 is 0. The summed E-state index contributed by atoms with van der Waals surface area (Å²) in [6.07, 6.45) is 3.97. The summed E-state index contributed by atoms with van der Waals surface area (Å²) in [6, 6.07) is 28.8. The molecule has 3 aromatic rings. The van der Waals surface area contributed by atoms with Crippen LogP contribution in [0.4, 0.5) is 0 Å². The van der Waals surface area contributed by atoms with Crippen LogP contribution in [0.5, 0.6) is 0 Å². The van der Waals surface area contributed by atoms with Crippen LogP contribution in [0.25, 0.3) is 0 Å². The summed E-state index contributed by atoms with van der Waals surface area (Å²) in [5, 5.41) is 17.7. The van der Waals surface area contributed by atoms with Crippen LogP contribution in [-0.2, 0) is 25.7 Å². The molecule has 0 unspecified atom stereocenters. The van der Waals surface area contributed by atoms with E-state index in [4.69, 9.17) is 10.5 Å². The van der Waals surface area contributed by atoms with Crippen molar-refractivity contribution in [2.75, 3.05) is 0 Å². The molecule has 0 saturated heterocycles. The van der Waals surface area contributed by atoms with Gasteiger partial charge in [0, 0.05) is 0 Å². The van der Waals surface area contributed by atoms with Crippen molar-refractivity contribution in [3.05, 3.63) is 106 Å². The van der Waals surface area contributed by atoms with Crippen LogP contribution in [0.2, 0.25) is 0 Å². The second-order valence-corrected chi connectivity index (χ2v) is 6.43. The molecule has 0 radical (unpaired) electrons.